The molecule has 0 saturated carbocycles. The second-order valence-corrected chi connectivity index (χ2v) is 3.47. The number of aromatic nitrogens is 2. The normalized spacial score (nSPS) is 11.3. The summed E-state index contributed by atoms with van der Waals surface area (Å²) in [5.41, 5.74) is -0.695. The van der Waals surface area contributed by atoms with Crippen molar-refractivity contribution < 1.29 is 17.9 Å². The molecule has 0 atom stereocenters. The molecule has 0 aliphatic heterocycles. The predicted molar refractivity (Wildman–Crippen MR) is 59.0 cm³/mol. The van der Waals surface area contributed by atoms with Crippen LogP contribution >= 0.6 is 0 Å². The van der Waals surface area contributed by atoms with Crippen LogP contribution in [0.3, 0.4) is 0 Å². The first-order valence-corrected chi connectivity index (χ1v) is 5.04. The Bertz CT molecular complexity index is 555. The van der Waals surface area contributed by atoms with Crippen molar-refractivity contribution in [2.75, 3.05) is 7.11 Å². The summed E-state index contributed by atoms with van der Waals surface area (Å²) in [6.07, 6.45) is -0.404. The number of pyridine rings is 2. The van der Waals surface area contributed by atoms with Crippen molar-refractivity contribution in [3.8, 4) is 17.0 Å². The van der Waals surface area contributed by atoms with Crippen LogP contribution in [0.15, 0.2) is 36.8 Å². The molecule has 2 heterocycles. The van der Waals surface area contributed by atoms with E-state index >= 15 is 0 Å². The van der Waals surface area contributed by atoms with E-state index in [1.165, 1.54) is 37.8 Å². The molecule has 0 unspecified atom stereocenters. The molecule has 0 radical (unpaired) electrons. The van der Waals surface area contributed by atoms with Crippen LogP contribution in [-0.2, 0) is 6.18 Å². The maximum Gasteiger partial charge on any atom is 0.418 e. The Morgan fingerprint density at radius 1 is 1.17 bits per heavy atom. The molecule has 0 amide bonds. The first-order chi connectivity index (χ1) is 8.54. The van der Waals surface area contributed by atoms with Gasteiger partial charge < -0.3 is 4.74 Å². The van der Waals surface area contributed by atoms with E-state index in [9.17, 15) is 13.2 Å². The minimum absolute atomic E-state index is 0.163. The average molecular weight is 254 g/mol. The molecule has 2 aromatic heterocycles. The molecule has 2 aromatic rings. The van der Waals surface area contributed by atoms with E-state index in [1.54, 1.807) is 0 Å². The lowest BCUT2D eigenvalue weighted by molar-refractivity contribution is -0.137. The summed E-state index contributed by atoms with van der Waals surface area (Å²) in [4.78, 5) is 7.60. The summed E-state index contributed by atoms with van der Waals surface area (Å²) in [6.45, 7) is 0. The van der Waals surface area contributed by atoms with Gasteiger partial charge in [0.1, 0.15) is 5.75 Å². The summed E-state index contributed by atoms with van der Waals surface area (Å²) < 4.78 is 43.6. The second-order valence-electron chi connectivity index (χ2n) is 3.47. The van der Waals surface area contributed by atoms with Gasteiger partial charge in [0.25, 0.3) is 0 Å². The van der Waals surface area contributed by atoms with Crippen LogP contribution in [0.25, 0.3) is 11.3 Å². The smallest absolute Gasteiger partial charge is 0.418 e. The third kappa shape index (κ3) is 2.27. The molecule has 94 valence electrons. The third-order valence-corrected chi connectivity index (χ3v) is 2.37. The molecule has 18 heavy (non-hydrogen) atoms. The maximum atomic E-state index is 12.9. The molecule has 0 aliphatic carbocycles. The molecule has 0 N–H and O–H groups in total. The van der Waals surface area contributed by atoms with E-state index in [2.05, 4.69) is 9.97 Å². The van der Waals surface area contributed by atoms with Gasteiger partial charge in [-0.05, 0) is 18.2 Å². The number of rotatable bonds is 2. The van der Waals surface area contributed by atoms with E-state index < -0.39 is 11.7 Å². The van der Waals surface area contributed by atoms with Gasteiger partial charge in [0.15, 0.2) is 0 Å². The van der Waals surface area contributed by atoms with Gasteiger partial charge in [-0.1, -0.05) is 0 Å². The van der Waals surface area contributed by atoms with Crippen molar-refractivity contribution in [3.63, 3.8) is 0 Å². The molecular weight excluding hydrogens is 245 g/mol. The standard InChI is InChI=1S/C12H9F3N2O/c1-18-10-7-16-6-4-8(10)11-9(12(13,14)15)3-2-5-17-11/h2-7H,1H3. The van der Waals surface area contributed by atoms with Gasteiger partial charge in [0.05, 0.1) is 24.6 Å². The summed E-state index contributed by atoms with van der Waals surface area (Å²) in [6, 6.07) is 3.68. The van der Waals surface area contributed by atoms with Crippen LogP contribution < -0.4 is 4.74 Å². The molecule has 6 heteroatoms. The summed E-state index contributed by atoms with van der Waals surface area (Å²) in [5.74, 6) is 0.252. The third-order valence-electron chi connectivity index (χ3n) is 2.37. The van der Waals surface area contributed by atoms with Gasteiger partial charge in [-0.2, -0.15) is 13.2 Å². The molecule has 0 bridgehead atoms. The van der Waals surface area contributed by atoms with Crippen LogP contribution in [0, 0.1) is 0 Å². The lowest BCUT2D eigenvalue weighted by atomic mass is 10.1. The highest BCUT2D eigenvalue weighted by Gasteiger charge is 2.34. The zero-order valence-corrected chi connectivity index (χ0v) is 9.40. The molecule has 0 aromatic carbocycles. The molecule has 0 aliphatic rings. The first-order valence-electron chi connectivity index (χ1n) is 5.04. The molecule has 0 fully saturated rings. The lowest BCUT2D eigenvalue weighted by Gasteiger charge is -2.13. The number of halogens is 3. The Labute approximate surface area is 101 Å². The summed E-state index contributed by atoms with van der Waals surface area (Å²) in [7, 11) is 1.37. The second kappa shape index (κ2) is 4.64. The van der Waals surface area contributed by atoms with Crippen LogP contribution in [0.2, 0.25) is 0 Å². The van der Waals surface area contributed by atoms with E-state index in [1.807, 2.05) is 0 Å². The number of ether oxygens (including phenoxy) is 1. The Morgan fingerprint density at radius 2 is 1.94 bits per heavy atom. The van der Waals surface area contributed by atoms with Gasteiger partial charge in [0, 0.05) is 18.0 Å². The zero-order chi connectivity index (χ0) is 13.2. The number of methoxy groups -OCH3 is 1. The van der Waals surface area contributed by atoms with Crippen molar-refractivity contribution >= 4 is 0 Å². The van der Waals surface area contributed by atoms with E-state index in [4.69, 9.17) is 4.74 Å². The highest BCUT2D eigenvalue weighted by Crippen LogP contribution is 2.38. The Hall–Kier alpha value is -2.11. The topological polar surface area (TPSA) is 35.0 Å². The van der Waals surface area contributed by atoms with Crippen LogP contribution in [0.4, 0.5) is 13.2 Å². The average Bonchev–Trinajstić information content (AvgIpc) is 2.37. The van der Waals surface area contributed by atoms with E-state index in [0.717, 1.165) is 6.07 Å². The van der Waals surface area contributed by atoms with Gasteiger partial charge in [-0.3, -0.25) is 9.97 Å². The maximum absolute atomic E-state index is 12.9. The van der Waals surface area contributed by atoms with Crippen molar-refractivity contribution in [2.24, 2.45) is 0 Å². The largest absolute Gasteiger partial charge is 0.494 e. The number of hydrogen-bond donors (Lipinski definition) is 0. The number of nitrogens with zero attached hydrogens (tertiary/aromatic N) is 2. The highest BCUT2D eigenvalue weighted by molar-refractivity contribution is 5.69. The molecular formula is C12H9F3N2O. The molecule has 0 saturated heterocycles. The minimum Gasteiger partial charge on any atom is -0.494 e. The minimum atomic E-state index is -4.46. The fourth-order valence-electron chi connectivity index (χ4n) is 1.59. The lowest BCUT2D eigenvalue weighted by Crippen LogP contribution is -2.08. The van der Waals surface area contributed by atoms with Gasteiger partial charge in [0.2, 0.25) is 0 Å². The van der Waals surface area contributed by atoms with Crippen LogP contribution in [0.1, 0.15) is 5.56 Å². The van der Waals surface area contributed by atoms with Gasteiger partial charge >= 0.3 is 6.18 Å². The summed E-state index contributed by atoms with van der Waals surface area (Å²) >= 11 is 0. The fraction of sp³-hybridized carbons (Fsp3) is 0.167. The number of alkyl halides is 3. The fourth-order valence-corrected chi connectivity index (χ4v) is 1.59. The van der Waals surface area contributed by atoms with Crippen molar-refractivity contribution in [3.05, 3.63) is 42.4 Å². The molecule has 0 spiro atoms. The van der Waals surface area contributed by atoms with Gasteiger partial charge in [-0.25, -0.2) is 0 Å². The van der Waals surface area contributed by atoms with Crippen LogP contribution in [0.5, 0.6) is 5.75 Å². The molecule has 2 rings (SSSR count). The first kappa shape index (κ1) is 12.3. The predicted octanol–water partition coefficient (Wildman–Crippen LogP) is 3.17. The Kier molecular flexibility index (Phi) is 3.18. The van der Waals surface area contributed by atoms with E-state index in [0.29, 0.717) is 0 Å². The zero-order valence-electron chi connectivity index (χ0n) is 9.40. The van der Waals surface area contributed by atoms with Crippen molar-refractivity contribution in [1.29, 1.82) is 0 Å². The quantitative estimate of drug-likeness (QED) is 0.825. The Balaban J connectivity index is 2.65. The monoisotopic (exact) mass is 254 g/mol. The Morgan fingerprint density at radius 3 is 2.61 bits per heavy atom. The number of hydrogen-bond acceptors (Lipinski definition) is 3. The van der Waals surface area contributed by atoms with Crippen molar-refractivity contribution in [2.45, 2.75) is 6.18 Å². The van der Waals surface area contributed by atoms with E-state index in [-0.39, 0.29) is 17.0 Å². The van der Waals surface area contributed by atoms with Gasteiger partial charge in [-0.15, -0.1) is 0 Å². The van der Waals surface area contributed by atoms with Crippen molar-refractivity contribution in [1.82, 2.24) is 9.97 Å². The molecule has 3 nitrogen and oxygen atoms in total. The SMILES string of the molecule is COc1cnccc1-c1ncccc1C(F)(F)F. The van der Waals surface area contributed by atoms with Crippen LogP contribution in [-0.4, -0.2) is 17.1 Å². The summed E-state index contributed by atoms with van der Waals surface area (Å²) in [5, 5.41) is 0. The highest BCUT2D eigenvalue weighted by atomic mass is 19.4.